The van der Waals surface area contributed by atoms with Gasteiger partial charge in [-0.2, -0.15) is 4.99 Å². The van der Waals surface area contributed by atoms with E-state index in [0.29, 0.717) is 23.6 Å². The average molecular weight is 398 g/mol. The molecule has 1 heterocycles. The minimum Gasteiger partial charge on any atom is -0.494 e. The molecule has 0 aliphatic carbocycles. The van der Waals surface area contributed by atoms with Crippen LogP contribution in [0.25, 0.3) is 10.2 Å². The Hall–Kier alpha value is -2.93. The molecule has 0 atom stereocenters. The maximum absolute atomic E-state index is 12.7. The first-order valence-electron chi connectivity index (χ1n) is 9.09. The number of carbonyl (C=O) groups excluding carboxylic acids is 2. The van der Waals surface area contributed by atoms with Gasteiger partial charge >= 0.3 is 5.97 Å². The van der Waals surface area contributed by atoms with E-state index in [1.54, 1.807) is 23.6 Å². The van der Waals surface area contributed by atoms with Crippen LogP contribution in [-0.2, 0) is 16.1 Å². The lowest BCUT2D eigenvalue weighted by Gasteiger charge is -2.06. The van der Waals surface area contributed by atoms with E-state index in [9.17, 15) is 9.59 Å². The maximum atomic E-state index is 12.7. The van der Waals surface area contributed by atoms with Crippen molar-refractivity contribution in [2.45, 2.75) is 27.3 Å². The summed E-state index contributed by atoms with van der Waals surface area (Å²) in [5.74, 6) is 0.00883. The highest BCUT2D eigenvalue weighted by Crippen LogP contribution is 2.23. The van der Waals surface area contributed by atoms with Crippen LogP contribution in [0, 0.1) is 6.92 Å². The standard InChI is InChI=1S/C21H22N2O4S/c1-4-26-16-9-10-17-18(12-16)28-21(23(17)13-19(24)27-5-2)22-20(25)15-8-6-7-14(3)11-15/h6-12H,4-5,13H2,1-3H3. The molecule has 146 valence electrons. The van der Waals surface area contributed by atoms with Gasteiger partial charge in [0.2, 0.25) is 0 Å². The molecular formula is C21H22N2O4S. The van der Waals surface area contributed by atoms with Gasteiger partial charge in [-0.3, -0.25) is 9.59 Å². The van der Waals surface area contributed by atoms with E-state index in [0.717, 1.165) is 21.5 Å². The van der Waals surface area contributed by atoms with E-state index in [-0.39, 0.29) is 18.4 Å². The minimum atomic E-state index is -0.375. The molecule has 2 aromatic carbocycles. The van der Waals surface area contributed by atoms with Crippen molar-refractivity contribution in [3.63, 3.8) is 0 Å². The Labute approximate surface area is 167 Å². The Morgan fingerprint density at radius 1 is 1.11 bits per heavy atom. The highest BCUT2D eigenvalue weighted by molar-refractivity contribution is 7.16. The lowest BCUT2D eigenvalue weighted by atomic mass is 10.1. The number of aryl methyl sites for hydroxylation is 1. The second-order valence-electron chi connectivity index (χ2n) is 6.12. The summed E-state index contributed by atoms with van der Waals surface area (Å²) in [6.07, 6.45) is 0. The summed E-state index contributed by atoms with van der Waals surface area (Å²) >= 11 is 1.34. The Bertz CT molecular complexity index is 1080. The van der Waals surface area contributed by atoms with Gasteiger partial charge in [-0.15, -0.1) is 0 Å². The molecule has 0 fully saturated rings. The Balaban J connectivity index is 2.10. The van der Waals surface area contributed by atoms with Crippen LogP contribution in [-0.4, -0.2) is 29.7 Å². The van der Waals surface area contributed by atoms with E-state index >= 15 is 0 Å². The molecule has 0 N–H and O–H groups in total. The lowest BCUT2D eigenvalue weighted by Crippen LogP contribution is -2.23. The number of rotatable bonds is 6. The Morgan fingerprint density at radius 3 is 2.64 bits per heavy atom. The number of carbonyl (C=O) groups is 2. The van der Waals surface area contributed by atoms with E-state index < -0.39 is 0 Å². The topological polar surface area (TPSA) is 69.9 Å². The van der Waals surface area contributed by atoms with Gasteiger partial charge in [-0.05, 0) is 51.1 Å². The van der Waals surface area contributed by atoms with Crippen LogP contribution in [0.2, 0.25) is 0 Å². The van der Waals surface area contributed by atoms with E-state index in [1.807, 2.05) is 44.2 Å². The van der Waals surface area contributed by atoms with Gasteiger partial charge in [0.1, 0.15) is 12.3 Å². The summed E-state index contributed by atoms with van der Waals surface area (Å²) in [7, 11) is 0. The summed E-state index contributed by atoms with van der Waals surface area (Å²) in [6, 6.07) is 12.9. The van der Waals surface area contributed by atoms with Crippen LogP contribution in [0.4, 0.5) is 0 Å². The molecule has 1 amide bonds. The van der Waals surface area contributed by atoms with Crippen molar-refractivity contribution in [1.82, 2.24) is 4.57 Å². The molecule has 1 aromatic heterocycles. The predicted molar refractivity (Wildman–Crippen MR) is 109 cm³/mol. The first-order chi connectivity index (χ1) is 13.5. The molecular weight excluding hydrogens is 376 g/mol. The molecule has 7 heteroatoms. The normalized spacial score (nSPS) is 11.6. The zero-order valence-corrected chi connectivity index (χ0v) is 16.9. The van der Waals surface area contributed by atoms with Crippen LogP contribution in [0.5, 0.6) is 5.75 Å². The van der Waals surface area contributed by atoms with Crippen molar-refractivity contribution in [2.75, 3.05) is 13.2 Å². The smallest absolute Gasteiger partial charge is 0.326 e. The fraction of sp³-hybridized carbons (Fsp3) is 0.286. The van der Waals surface area contributed by atoms with Crippen molar-refractivity contribution in [1.29, 1.82) is 0 Å². The van der Waals surface area contributed by atoms with Crippen molar-refractivity contribution in [3.05, 3.63) is 58.4 Å². The second-order valence-corrected chi connectivity index (χ2v) is 7.13. The number of aromatic nitrogens is 1. The summed E-state index contributed by atoms with van der Waals surface area (Å²) in [4.78, 5) is 29.5. The van der Waals surface area contributed by atoms with E-state index in [2.05, 4.69) is 4.99 Å². The number of hydrogen-bond acceptors (Lipinski definition) is 5. The molecule has 3 aromatic rings. The molecule has 0 bridgehead atoms. The van der Waals surface area contributed by atoms with Crippen LogP contribution < -0.4 is 9.54 Å². The van der Waals surface area contributed by atoms with Crippen LogP contribution in [0.1, 0.15) is 29.8 Å². The molecule has 0 saturated heterocycles. The van der Waals surface area contributed by atoms with Gasteiger partial charge in [0, 0.05) is 5.56 Å². The van der Waals surface area contributed by atoms with Gasteiger partial charge in [0.15, 0.2) is 4.80 Å². The molecule has 0 saturated carbocycles. The number of nitrogens with zero attached hydrogens (tertiary/aromatic N) is 2. The van der Waals surface area contributed by atoms with Gasteiger partial charge in [-0.1, -0.05) is 29.0 Å². The third-order valence-electron chi connectivity index (χ3n) is 4.02. The molecule has 28 heavy (non-hydrogen) atoms. The lowest BCUT2D eigenvalue weighted by molar-refractivity contribution is -0.143. The average Bonchev–Trinajstić information content (AvgIpc) is 2.98. The van der Waals surface area contributed by atoms with Crippen LogP contribution in [0.15, 0.2) is 47.5 Å². The quantitative estimate of drug-likeness (QED) is 0.594. The fourth-order valence-corrected chi connectivity index (χ4v) is 3.87. The summed E-state index contributed by atoms with van der Waals surface area (Å²) < 4.78 is 13.2. The number of esters is 1. The molecule has 0 aliphatic rings. The van der Waals surface area contributed by atoms with Gasteiger partial charge in [0.25, 0.3) is 5.91 Å². The van der Waals surface area contributed by atoms with Crippen molar-refractivity contribution in [3.8, 4) is 5.75 Å². The highest BCUT2D eigenvalue weighted by Gasteiger charge is 2.13. The summed E-state index contributed by atoms with van der Waals surface area (Å²) in [5.41, 5.74) is 2.30. The number of benzene rings is 2. The molecule has 0 radical (unpaired) electrons. The Morgan fingerprint density at radius 2 is 1.93 bits per heavy atom. The zero-order valence-electron chi connectivity index (χ0n) is 16.1. The first kappa shape index (κ1) is 19.8. The van der Waals surface area contributed by atoms with Crippen molar-refractivity contribution < 1.29 is 19.1 Å². The van der Waals surface area contributed by atoms with E-state index in [4.69, 9.17) is 9.47 Å². The third-order valence-corrected chi connectivity index (χ3v) is 5.06. The van der Waals surface area contributed by atoms with Crippen LogP contribution in [0.3, 0.4) is 0 Å². The van der Waals surface area contributed by atoms with Gasteiger partial charge < -0.3 is 14.0 Å². The second kappa shape index (κ2) is 8.84. The number of amides is 1. The van der Waals surface area contributed by atoms with E-state index in [1.165, 1.54) is 11.3 Å². The summed E-state index contributed by atoms with van der Waals surface area (Å²) in [5, 5.41) is 0. The molecule has 0 unspecified atom stereocenters. The van der Waals surface area contributed by atoms with Crippen molar-refractivity contribution >= 4 is 33.4 Å². The predicted octanol–water partition coefficient (Wildman–Crippen LogP) is 3.71. The molecule has 0 spiro atoms. The molecule has 6 nitrogen and oxygen atoms in total. The minimum absolute atomic E-state index is 0.0122. The monoisotopic (exact) mass is 398 g/mol. The number of ether oxygens (including phenoxy) is 2. The maximum Gasteiger partial charge on any atom is 0.326 e. The number of fused-ring (bicyclic) bond motifs is 1. The summed E-state index contributed by atoms with van der Waals surface area (Å²) in [6.45, 7) is 6.44. The number of thiazole rings is 1. The zero-order chi connectivity index (χ0) is 20.1. The van der Waals surface area contributed by atoms with Gasteiger partial charge in [-0.25, -0.2) is 0 Å². The number of hydrogen-bond donors (Lipinski definition) is 0. The first-order valence-corrected chi connectivity index (χ1v) is 9.91. The third kappa shape index (κ3) is 4.48. The fourth-order valence-electron chi connectivity index (χ4n) is 2.81. The largest absolute Gasteiger partial charge is 0.494 e. The SMILES string of the molecule is CCOC(=O)Cn1c(=NC(=O)c2cccc(C)c2)sc2cc(OCC)ccc21. The molecule has 0 aliphatic heterocycles. The van der Waals surface area contributed by atoms with Crippen LogP contribution >= 0.6 is 11.3 Å². The van der Waals surface area contributed by atoms with Gasteiger partial charge in [0.05, 0.1) is 23.4 Å². The highest BCUT2D eigenvalue weighted by atomic mass is 32.1. The Kier molecular flexibility index (Phi) is 6.26. The molecule has 3 rings (SSSR count). The van der Waals surface area contributed by atoms with Crippen molar-refractivity contribution in [2.24, 2.45) is 4.99 Å².